The van der Waals surface area contributed by atoms with Crippen molar-refractivity contribution in [3.8, 4) is 0 Å². The molecule has 1 N–H and O–H groups in total. The number of rotatable bonds is 1. The van der Waals surface area contributed by atoms with Crippen molar-refractivity contribution in [3.05, 3.63) is 23.6 Å². The molecule has 9 heteroatoms. The molecule has 0 spiro atoms. The molecule has 3 aromatic rings. The van der Waals surface area contributed by atoms with Crippen molar-refractivity contribution in [2.45, 2.75) is 13.1 Å². The third kappa shape index (κ3) is 1.64. The molecule has 0 atom stereocenters. The van der Waals surface area contributed by atoms with Gasteiger partial charge in [0, 0.05) is 13.1 Å². The maximum absolute atomic E-state index is 5.95. The Morgan fingerprint density at radius 2 is 2.21 bits per heavy atom. The summed E-state index contributed by atoms with van der Waals surface area (Å²) in [6.07, 6.45) is 3.45. The smallest absolute Gasteiger partial charge is 0.226 e. The lowest BCUT2D eigenvalue weighted by molar-refractivity contribution is 0.557. The lowest BCUT2D eigenvalue weighted by Gasteiger charge is -2.28. The second kappa shape index (κ2) is 3.89. The van der Waals surface area contributed by atoms with Crippen LogP contribution in [0.3, 0.4) is 0 Å². The van der Waals surface area contributed by atoms with Gasteiger partial charge in [0.2, 0.25) is 5.28 Å². The van der Waals surface area contributed by atoms with Crippen molar-refractivity contribution in [1.82, 2.24) is 34.9 Å². The first kappa shape index (κ1) is 10.7. The number of aromatic nitrogens is 7. The van der Waals surface area contributed by atoms with Crippen LogP contribution in [0.5, 0.6) is 0 Å². The minimum Gasteiger partial charge on any atom is -0.347 e. The number of hydrogen-bond acceptors (Lipinski definition) is 6. The number of fused-ring (bicyclic) bond motifs is 2. The summed E-state index contributed by atoms with van der Waals surface area (Å²) in [6.45, 7) is 2.29. The van der Waals surface area contributed by atoms with Gasteiger partial charge in [0.1, 0.15) is 12.1 Å². The molecule has 19 heavy (non-hydrogen) atoms. The van der Waals surface area contributed by atoms with Crippen LogP contribution in [0.2, 0.25) is 5.28 Å². The lowest BCUT2D eigenvalue weighted by atomic mass is 10.3. The molecule has 0 aliphatic carbocycles. The Morgan fingerprint density at radius 1 is 1.26 bits per heavy atom. The molecule has 0 bridgehead atoms. The van der Waals surface area contributed by atoms with Crippen LogP contribution in [-0.4, -0.2) is 41.5 Å². The van der Waals surface area contributed by atoms with Gasteiger partial charge in [0.05, 0.1) is 18.1 Å². The number of anilines is 1. The van der Waals surface area contributed by atoms with Crippen LogP contribution in [0, 0.1) is 0 Å². The van der Waals surface area contributed by atoms with Gasteiger partial charge in [-0.15, -0.1) is 10.2 Å². The van der Waals surface area contributed by atoms with E-state index in [1.807, 2.05) is 4.57 Å². The fourth-order valence-corrected chi connectivity index (χ4v) is 2.45. The van der Waals surface area contributed by atoms with E-state index in [2.05, 4.69) is 35.3 Å². The predicted molar refractivity (Wildman–Crippen MR) is 67.8 cm³/mol. The normalized spacial score (nSPS) is 14.9. The second-order valence-electron chi connectivity index (χ2n) is 4.31. The molecule has 1 aliphatic rings. The Kier molecular flexibility index (Phi) is 2.18. The Hall–Kier alpha value is -2.22. The summed E-state index contributed by atoms with van der Waals surface area (Å²) in [7, 11) is 0. The maximum atomic E-state index is 5.95. The van der Waals surface area contributed by atoms with Gasteiger partial charge in [0.25, 0.3) is 0 Å². The summed E-state index contributed by atoms with van der Waals surface area (Å²) in [6, 6.07) is 0. The van der Waals surface area contributed by atoms with E-state index in [4.69, 9.17) is 11.6 Å². The van der Waals surface area contributed by atoms with Gasteiger partial charge in [-0.2, -0.15) is 15.1 Å². The van der Waals surface area contributed by atoms with E-state index in [9.17, 15) is 0 Å². The summed E-state index contributed by atoms with van der Waals surface area (Å²) < 4.78 is 2.03. The van der Waals surface area contributed by atoms with Crippen LogP contribution < -0.4 is 4.90 Å². The Morgan fingerprint density at radius 3 is 3.16 bits per heavy atom. The van der Waals surface area contributed by atoms with Gasteiger partial charge in [-0.25, -0.2) is 0 Å². The number of nitrogens with one attached hydrogen (secondary N) is 1. The molecule has 4 heterocycles. The third-order valence-electron chi connectivity index (χ3n) is 3.20. The highest BCUT2D eigenvalue weighted by Gasteiger charge is 2.21. The summed E-state index contributed by atoms with van der Waals surface area (Å²) >= 11 is 5.95. The predicted octanol–water partition coefficient (Wildman–Crippen LogP) is 0.618. The van der Waals surface area contributed by atoms with Gasteiger partial charge in [-0.1, -0.05) is 0 Å². The van der Waals surface area contributed by atoms with Gasteiger partial charge in [-0.05, 0) is 11.6 Å². The molecule has 0 saturated heterocycles. The van der Waals surface area contributed by atoms with E-state index in [-0.39, 0.29) is 5.28 Å². The Balaban J connectivity index is 1.81. The van der Waals surface area contributed by atoms with Crippen molar-refractivity contribution >= 4 is 28.5 Å². The SMILES string of the molecule is Clc1nc(N2CCn3cnnc3C2)c2cn[nH]c2n1. The first-order valence-corrected chi connectivity index (χ1v) is 6.17. The van der Waals surface area contributed by atoms with Gasteiger partial charge >= 0.3 is 0 Å². The highest BCUT2D eigenvalue weighted by Crippen LogP contribution is 2.26. The summed E-state index contributed by atoms with van der Waals surface area (Å²) in [5, 5.41) is 15.9. The number of hydrogen-bond donors (Lipinski definition) is 1. The highest BCUT2D eigenvalue weighted by molar-refractivity contribution is 6.28. The Labute approximate surface area is 112 Å². The molecule has 0 radical (unpaired) electrons. The van der Waals surface area contributed by atoms with Gasteiger partial charge in [-0.3, -0.25) is 5.10 Å². The number of nitrogens with zero attached hydrogens (tertiary/aromatic N) is 7. The summed E-state index contributed by atoms with van der Waals surface area (Å²) in [5.41, 5.74) is 0.641. The molecule has 4 rings (SSSR count). The largest absolute Gasteiger partial charge is 0.347 e. The first-order valence-electron chi connectivity index (χ1n) is 5.79. The molecule has 3 aromatic heterocycles. The summed E-state index contributed by atoms with van der Waals surface area (Å²) in [5.74, 6) is 1.69. The van der Waals surface area contributed by atoms with E-state index >= 15 is 0 Å². The molecule has 8 nitrogen and oxygen atoms in total. The van der Waals surface area contributed by atoms with Crippen molar-refractivity contribution in [1.29, 1.82) is 0 Å². The lowest BCUT2D eigenvalue weighted by Crippen LogP contribution is -2.34. The van der Waals surface area contributed by atoms with Gasteiger partial charge < -0.3 is 9.47 Å². The summed E-state index contributed by atoms with van der Waals surface area (Å²) in [4.78, 5) is 10.5. The van der Waals surface area contributed by atoms with E-state index in [0.717, 1.165) is 30.1 Å². The van der Waals surface area contributed by atoms with Crippen molar-refractivity contribution in [2.75, 3.05) is 11.4 Å². The van der Waals surface area contributed by atoms with E-state index in [1.54, 1.807) is 12.5 Å². The minimum absolute atomic E-state index is 0.207. The zero-order chi connectivity index (χ0) is 12.8. The zero-order valence-electron chi connectivity index (χ0n) is 9.78. The molecular weight excluding hydrogens is 268 g/mol. The average molecular weight is 277 g/mol. The minimum atomic E-state index is 0.207. The molecule has 0 amide bonds. The van der Waals surface area contributed by atoms with E-state index < -0.39 is 0 Å². The van der Waals surface area contributed by atoms with Crippen LogP contribution >= 0.6 is 11.6 Å². The first-order chi connectivity index (χ1) is 9.31. The average Bonchev–Trinajstić information content (AvgIpc) is 3.04. The number of aromatic amines is 1. The van der Waals surface area contributed by atoms with E-state index in [1.165, 1.54) is 0 Å². The topological polar surface area (TPSA) is 88.4 Å². The quantitative estimate of drug-likeness (QED) is 0.656. The fraction of sp³-hybridized carbons (Fsp3) is 0.300. The van der Waals surface area contributed by atoms with Crippen LogP contribution in [0.4, 0.5) is 5.82 Å². The molecule has 0 fully saturated rings. The maximum Gasteiger partial charge on any atom is 0.226 e. The van der Waals surface area contributed by atoms with Crippen molar-refractivity contribution < 1.29 is 0 Å². The van der Waals surface area contributed by atoms with Crippen molar-refractivity contribution in [2.24, 2.45) is 0 Å². The number of H-pyrrole nitrogens is 1. The van der Waals surface area contributed by atoms with Crippen LogP contribution in [-0.2, 0) is 13.1 Å². The molecular formula is C10H9ClN8. The Bertz CT molecular complexity index is 747. The monoisotopic (exact) mass is 276 g/mol. The zero-order valence-corrected chi connectivity index (χ0v) is 10.5. The molecule has 96 valence electrons. The van der Waals surface area contributed by atoms with Crippen LogP contribution in [0.1, 0.15) is 5.82 Å². The highest BCUT2D eigenvalue weighted by atomic mass is 35.5. The fourth-order valence-electron chi connectivity index (χ4n) is 2.28. The van der Waals surface area contributed by atoms with Crippen LogP contribution in [0.15, 0.2) is 12.5 Å². The van der Waals surface area contributed by atoms with Gasteiger partial charge in [0.15, 0.2) is 11.5 Å². The van der Waals surface area contributed by atoms with Crippen molar-refractivity contribution in [3.63, 3.8) is 0 Å². The standard InChI is InChI=1S/C10H9ClN8/c11-10-14-8-6(3-12-17-8)9(15-10)18-1-2-19-5-13-16-7(19)4-18/h3,5H,1-2,4H2,(H,12,14,15,17). The molecule has 0 aromatic carbocycles. The second-order valence-corrected chi connectivity index (χ2v) is 4.65. The third-order valence-corrected chi connectivity index (χ3v) is 3.37. The molecule has 0 saturated carbocycles. The molecule has 1 aliphatic heterocycles. The van der Waals surface area contributed by atoms with E-state index in [0.29, 0.717) is 12.2 Å². The number of halogens is 1. The van der Waals surface area contributed by atoms with Crippen LogP contribution in [0.25, 0.3) is 11.0 Å². The molecule has 0 unspecified atom stereocenters.